The monoisotopic (exact) mass is 324 g/mol. The van der Waals surface area contributed by atoms with Crippen LogP contribution >= 0.6 is 0 Å². The molecule has 0 spiro atoms. The zero-order valence-electron chi connectivity index (χ0n) is 14.2. The van der Waals surface area contributed by atoms with Gasteiger partial charge in [0, 0.05) is 0 Å². The number of methoxy groups -OCH3 is 1. The maximum Gasteiger partial charge on any atom is 0.316 e. The minimum atomic E-state index is -0.619. The molecule has 0 aliphatic heterocycles. The molecule has 5 heteroatoms. The molecule has 0 atom stereocenters. The van der Waals surface area contributed by atoms with E-state index in [1.807, 2.05) is 57.2 Å². The number of imidazole rings is 1. The van der Waals surface area contributed by atoms with Crippen LogP contribution < -0.4 is 9.47 Å². The Hall–Kier alpha value is -2.82. The molecule has 0 saturated heterocycles. The summed E-state index contributed by atoms with van der Waals surface area (Å²) >= 11 is 0. The minimum absolute atomic E-state index is 0.329. The highest BCUT2D eigenvalue weighted by molar-refractivity contribution is 5.84. The summed E-state index contributed by atoms with van der Waals surface area (Å²) in [5.74, 6) is 1.17. The van der Waals surface area contributed by atoms with Crippen LogP contribution in [0.15, 0.2) is 42.5 Å². The van der Waals surface area contributed by atoms with Crippen LogP contribution in [-0.4, -0.2) is 23.0 Å². The van der Waals surface area contributed by atoms with Crippen LogP contribution in [0.1, 0.15) is 20.8 Å². The van der Waals surface area contributed by atoms with Gasteiger partial charge < -0.3 is 14.5 Å². The number of esters is 1. The number of nitrogens with one attached hydrogen (secondary N) is 1. The molecule has 0 saturated carbocycles. The third-order valence-corrected chi connectivity index (χ3v) is 3.65. The first-order chi connectivity index (χ1) is 11.4. The Labute approximate surface area is 140 Å². The van der Waals surface area contributed by atoms with E-state index < -0.39 is 5.41 Å². The summed E-state index contributed by atoms with van der Waals surface area (Å²) in [5.41, 5.74) is 1.83. The van der Waals surface area contributed by atoms with Crippen molar-refractivity contribution in [2.45, 2.75) is 20.8 Å². The molecule has 1 heterocycles. The molecule has 2 aromatic carbocycles. The number of hydrogen-bond acceptors (Lipinski definition) is 4. The lowest BCUT2D eigenvalue weighted by molar-refractivity contribution is -0.143. The molecule has 0 radical (unpaired) electrons. The number of benzene rings is 2. The lowest BCUT2D eigenvalue weighted by Crippen LogP contribution is -2.26. The molecule has 3 rings (SSSR count). The van der Waals surface area contributed by atoms with Gasteiger partial charge >= 0.3 is 5.97 Å². The maximum absolute atomic E-state index is 12.3. The molecule has 0 fully saturated rings. The third kappa shape index (κ3) is 2.97. The lowest BCUT2D eigenvalue weighted by atomic mass is 9.97. The Morgan fingerprint density at radius 1 is 1.08 bits per heavy atom. The summed E-state index contributed by atoms with van der Waals surface area (Å²) < 4.78 is 11.0. The zero-order valence-corrected chi connectivity index (χ0v) is 14.2. The number of nitrogens with zero attached hydrogens (tertiary/aromatic N) is 1. The van der Waals surface area contributed by atoms with Gasteiger partial charge in [-0.3, -0.25) is 4.79 Å². The van der Waals surface area contributed by atoms with Crippen molar-refractivity contribution in [2.24, 2.45) is 5.41 Å². The fourth-order valence-electron chi connectivity index (χ4n) is 2.29. The molecule has 0 bridgehead atoms. The average molecular weight is 324 g/mol. The molecule has 0 aliphatic carbocycles. The molecule has 1 N–H and O–H groups in total. The normalized spacial score (nSPS) is 11.5. The SMILES string of the molecule is COc1cccc(-c2nc3ccccc3[nH]2)c1OC(=O)C(C)(C)C. The van der Waals surface area contributed by atoms with Gasteiger partial charge in [0.05, 0.1) is 29.1 Å². The van der Waals surface area contributed by atoms with E-state index >= 15 is 0 Å². The van der Waals surface area contributed by atoms with E-state index in [0.717, 1.165) is 11.0 Å². The van der Waals surface area contributed by atoms with Crippen LogP contribution in [0.3, 0.4) is 0 Å². The van der Waals surface area contributed by atoms with Gasteiger partial charge in [-0.15, -0.1) is 0 Å². The van der Waals surface area contributed by atoms with Crippen molar-refractivity contribution in [3.05, 3.63) is 42.5 Å². The Morgan fingerprint density at radius 3 is 2.50 bits per heavy atom. The van der Waals surface area contributed by atoms with Crippen LogP contribution in [0.2, 0.25) is 0 Å². The summed E-state index contributed by atoms with van der Waals surface area (Å²) in [5, 5.41) is 0. The third-order valence-electron chi connectivity index (χ3n) is 3.65. The highest BCUT2D eigenvalue weighted by atomic mass is 16.6. The van der Waals surface area contributed by atoms with E-state index in [0.29, 0.717) is 22.9 Å². The van der Waals surface area contributed by atoms with Gasteiger partial charge in [-0.2, -0.15) is 0 Å². The van der Waals surface area contributed by atoms with E-state index in [4.69, 9.17) is 9.47 Å². The van der Waals surface area contributed by atoms with Crippen molar-refractivity contribution in [1.82, 2.24) is 9.97 Å². The van der Waals surface area contributed by atoms with Gasteiger partial charge in [0.2, 0.25) is 0 Å². The summed E-state index contributed by atoms with van der Waals surface area (Å²) in [4.78, 5) is 20.2. The van der Waals surface area contributed by atoms with Gasteiger partial charge in [-0.25, -0.2) is 4.98 Å². The summed E-state index contributed by atoms with van der Waals surface area (Å²) in [6, 6.07) is 13.2. The number of carbonyl (C=O) groups is 1. The summed E-state index contributed by atoms with van der Waals surface area (Å²) in [7, 11) is 1.55. The molecule has 1 aromatic heterocycles. The zero-order chi connectivity index (χ0) is 17.3. The first-order valence-electron chi connectivity index (χ1n) is 7.74. The molecular formula is C19H20N2O3. The van der Waals surface area contributed by atoms with Crippen molar-refractivity contribution >= 4 is 17.0 Å². The fraction of sp³-hybridized carbons (Fsp3) is 0.263. The van der Waals surface area contributed by atoms with Gasteiger partial charge in [0.25, 0.3) is 0 Å². The molecule has 5 nitrogen and oxygen atoms in total. The van der Waals surface area contributed by atoms with Crippen molar-refractivity contribution in [2.75, 3.05) is 7.11 Å². The summed E-state index contributed by atoms with van der Waals surface area (Å²) in [6.45, 7) is 5.43. The molecule has 0 amide bonds. The number of H-pyrrole nitrogens is 1. The van der Waals surface area contributed by atoms with Crippen LogP contribution in [0.4, 0.5) is 0 Å². The number of hydrogen-bond donors (Lipinski definition) is 1. The smallest absolute Gasteiger partial charge is 0.316 e. The quantitative estimate of drug-likeness (QED) is 0.579. The topological polar surface area (TPSA) is 64.2 Å². The van der Waals surface area contributed by atoms with E-state index in [2.05, 4.69) is 9.97 Å². The fourth-order valence-corrected chi connectivity index (χ4v) is 2.29. The Kier molecular flexibility index (Phi) is 4.01. The number of aromatic amines is 1. The highest BCUT2D eigenvalue weighted by Gasteiger charge is 2.27. The molecule has 0 unspecified atom stereocenters. The van der Waals surface area contributed by atoms with E-state index in [1.165, 1.54) is 0 Å². The molecule has 3 aromatic rings. The standard InChI is InChI=1S/C19H20N2O3/c1-19(2,3)18(22)24-16-12(8-7-11-15(16)23-4)17-20-13-9-5-6-10-14(13)21-17/h5-11H,1-4H3,(H,20,21). The van der Waals surface area contributed by atoms with Crippen LogP contribution in [0, 0.1) is 5.41 Å². The van der Waals surface area contributed by atoms with Gasteiger partial charge in [-0.1, -0.05) is 18.2 Å². The number of carbonyl (C=O) groups excluding carboxylic acids is 1. The van der Waals surface area contributed by atoms with E-state index in [1.54, 1.807) is 13.2 Å². The average Bonchev–Trinajstić information content (AvgIpc) is 2.97. The molecular weight excluding hydrogens is 304 g/mol. The van der Waals surface area contributed by atoms with E-state index in [-0.39, 0.29) is 5.97 Å². The van der Waals surface area contributed by atoms with Crippen LogP contribution in [-0.2, 0) is 4.79 Å². The first-order valence-corrected chi connectivity index (χ1v) is 7.74. The van der Waals surface area contributed by atoms with Crippen molar-refractivity contribution < 1.29 is 14.3 Å². The minimum Gasteiger partial charge on any atom is -0.493 e. The number of fused-ring (bicyclic) bond motifs is 1. The number of para-hydroxylation sites is 3. The second kappa shape index (κ2) is 6.00. The predicted octanol–water partition coefficient (Wildman–Crippen LogP) is 4.19. The highest BCUT2D eigenvalue weighted by Crippen LogP contribution is 2.38. The van der Waals surface area contributed by atoms with Crippen LogP contribution in [0.5, 0.6) is 11.5 Å². The Balaban J connectivity index is 2.12. The number of rotatable bonds is 3. The van der Waals surface area contributed by atoms with Crippen molar-refractivity contribution in [1.29, 1.82) is 0 Å². The summed E-state index contributed by atoms with van der Waals surface area (Å²) in [6.07, 6.45) is 0. The Morgan fingerprint density at radius 2 is 1.83 bits per heavy atom. The second-order valence-corrected chi connectivity index (χ2v) is 6.58. The molecule has 124 valence electrons. The molecule has 0 aliphatic rings. The first kappa shape index (κ1) is 16.1. The molecule has 24 heavy (non-hydrogen) atoms. The number of aromatic nitrogens is 2. The largest absolute Gasteiger partial charge is 0.493 e. The van der Waals surface area contributed by atoms with Crippen molar-refractivity contribution in [3.8, 4) is 22.9 Å². The maximum atomic E-state index is 12.3. The van der Waals surface area contributed by atoms with Crippen LogP contribution in [0.25, 0.3) is 22.4 Å². The van der Waals surface area contributed by atoms with E-state index in [9.17, 15) is 4.79 Å². The van der Waals surface area contributed by atoms with Gasteiger partial charge in [0.1, 0.15) is 5.82 Å². The second-order valence-electron chi connectivity index (χ2n) is 6.58. The number of ether oxygens (including phenoxy) is 2. The van der Waals surface area contributed by atoms with Gasteiger partial charge in [-0.05, 0) is 45.0 Å². The Bertz CT molecular complexity index is 858. The van der Waals surface area contributed by atoms with Crippen molar-refractivity contribution in [3.63, 3.8) is 0 Å². The lowest BCUT2D eigenvalue weighted by Gasteiger charge is -2.19. The predicted molar refractivity (Wildman–Crippen MR) is 93.2 cm³/mol. The van der Waals surface area contributed by atoms with Gasteiger partial charge in [0.15, 0.2) is 11.5 Å².